The van der Waals surface area contributed by atoms with Gasteiger partial charge < -0.3 is 5.73 Å². The van der Waals surface area contributed by atoms with Crippen molar-refractivity contribution in [1.82, 2.24) is 4.98 Å². The molecule has 1 aromatic carbocycles. The first-order valence-corrected chi connectivity index (χ1v) is 8.12. The number of nitrogen functional groups attached to an aromatic ring is 1. The lowest BCUT2D eigenvalue weighted by atomic mass is 9.85. The van der Waals surface area contributed by atoms with Crippen LogP contribution in [0.4, 0.5) is 18.3 Å². The van der Waals surface area contributed by atoms with Crippen LogP contribution in [0.1, 0.15) is 39.3 Å². The van der Waals surface area contributed by atoms with Gasteiger partial charge in [0, 0.05) is 5.92 Å². The lowest BCUT2D eigenvalue weighted by Crippen LogP contribution is -2.21. The van der Waals surface area contributed by atoms with Crippen LogP contribution in [0.5, 0.6) is 0 Å². The van der Waals surface area contributed by atoms with E-state index in [9.17, 15) is 18.0 Å². The van der Waals surface area contributed by atoms with E-state index in [2.05, 4.69) is 4.98 Å². The van der Waals surface area contributed by atoms with Gasteiger partial charge in [-0.05, 0) is 43.4 Å². The Hall–Kier alpha value is -1.89. The van der Waals surface area contributed by atoms with E-state index < -0.39 is 11.7 Å². The van der Waals surface area contributed by atoms with Crippen molar-refractivity contribution in [2.75, 3.05) is 5.73 Å². The molecule has 7 heteroatoms. The number of carbonyl (C=O) groups excluding carboxylic acids is 1. The number of nitrogens with zero attached hydrogens (tertiary/aromatic N) is 1. The number of rotatable bonds is 3. The minimum atomic E-state index is -4.32. The Labute approximate surface area is 135 Å². The number of alkyl halides is 3. The Morgan fingerprint density at radius 3 is 2.61 bits per heavy atom. The highest BCUT2D eigenvalue weighted by Gasteiger charge is 2.31. The van der Waals surface area contributed by atoms with Crippen LogP contribution in [0.15, 0.2) is 24.3 Å². The summed E-state index contributed by atoms with van der Waals surface area (Å²) in [5, 5.41) is 0.409. The first-order chi connectivity index (χ1) is 10.8. The van der Waals surface area contributed by atoms with Crippen LogP contribution in [-0.4, -0.2) is 10.8 Å². The predicted octanol–water partition coefficient (Wildman–Crippen LogP) is 4.12. The normalized spacial score (nSPS) is 18.0. The van der Waals surface area contributed by atoms with Crippen molar-refractivity contribution in [3.63, 3.8) is 0 Å². The first-order valence-electron chi connectivity index (χ1n) is 7.30. The molecule has 1 aliphatic carbocycles. The highest BCUT2D eigenvalue weighted by atomic mass is 32.1. The molecule has 1 atom stereocenters. The smallest absolute Gasteiger partial charge is 0.375 e. The molecule has 1 aromatic heterocycles. The molecule has 2 aromatic rings. The van der Waals surface area contributed by atoms with Gasteiger partial charge in [0.1, 0.15) is 0 Å². The molecule has 0 aliphatic heterocycles. The summed E-state index contributed by atoms with van der Waals surface area (Å²) < 4.78 is 37.6. The summed E-state index contributed by atoms with van der Waals surface area (Å²) in [5.41, 5.74) is 6.58. The standard InChI is InChI=1S/C16H15F3N2OS/c17-16(18,19)11-6-2-9(3-7-11)1-4-10-5-8-12-14(13(10)22)23-15(20)21-12/h2-3,6-7,10H,1,4-5,8H2,(H2,20,21). The van der Waals surface area contributed by atoms with E-state index in [1.807, 2.05) is 0 Å². The number of aryl methyl sites for hydroxylation is 2. The third kappa shape index (κ3) is 3.39. The number of anilines is 1. The van der Waals surface area contributed by atoms with Crippen LogP contribution in [0.2, 0.25) is 0 Å². The van der Waals surface area contributed by atoms with Gasteiger partial charge in [-0.2, -0.15) is 13.2 Å². The molecule has 3 nitrogen and oxygen atoms in total. The van der Waals surface area contributed by atoms with Gasteiger partial charge in [0.15, 0.2) is 10.9 Å². The molecular weight excluding hydrogens is 325 g/mol. The van der Waals surface area contributed by atoms with Crippen LogP contribution in [-0.2, 0) is 19.0 Å². The second-order valence-electron chi connectivity index (χ2n) is 5.66. The number of ketones is 1. The molecule has 2 N–H and O–H groups in total. The number of thiazole rings is 1. The molecule has 3 rings (SSSR count). The average molecular weight is 340 g/mol. The third-order valence-corrected chi connectivity index (χ3v) is 5.04. The van der Waals surface area contributed by atoms with Gasteiger partial charge in [-0.1, -0.05) is 23.5 Å². The van der Waals surface area contributed by atoms with Crippen LogP contribution in [0.3, 0.4) is 0 Å². The number of hydrogen-bond acceptors (Lipinski definition) is 4. The minimum absolute atomic E-state index is 0.0624. The van der Waals surface area contributed by atoms with E-state index in [-0.39, 0.29) is 11.7 Å². The molecule has 0 fully saturated rings. The summed E-state index contributed by atoms with van der Waals surface area (Å²) in [5.74, 6) is -0.0444. The molecule has 0 saturated carbocycles. The van der Waals surface area contributed by atoms with Gasteiger partial charge in [0.2, 0.25) is 0 Å². The van der Waals surface area contributed by atoms with E-state index in [1.54, 1.807) is 0 Å². The lowest BCUT2D eigenvalue weighted by Gasteiger charge is -2.19. The minimum Gasteiger partial charge on any atom is -0.375 e. The number of aromatic nitrogens is 1. The molecule has 1 aliphatic rings. The van der Waals surface area contributed by atoms with Crippen molar-refractivity contribution in [1.29, 1.82) is 0 Å². The zero-order valence-electron chi connectivity index (χ0n) is 12.2. The van der Waals surface area contributed by atoms with E-state index in [0.717, 1.165) is 36.2 Å². The van der Waals surface area contributed by atoms with Crippen LogP contribution < -0.4 is 5.73 Å². The first kappa shape index (κ1) is 16.0. The Bertz CT molecular complexity index is 722. The van der Waals surface area contributed by atoms with Crippen molar-refractivity contribution < 1.29 is 18.0 Å². The molecule has 1 unspecified atom stereocenters. The Kier molecular flexibility index (Phi) is 4.14. The summed E-state index contributed by atoms with van der Waals surface area (Å²) >= 11 is 1.22. The topological polar surface area (TPSA) is 56.0 Å². The molecule has 1 heterocycles. The Morgan fingerprint density at radius 2 is 1.96 bits per heavy atom. The SMILES string of the molecule is Nc1nc2c(s1)C(=O)C(CCc1ccc(C(F)(F)F)cc1)CC2. The zero-order valence-corrected chi connectivity index (χ0v) is 13.0. The Balaban J connectivity index is 1.64. The van der Waals surface area contributed by atoms with E-state index in [4.69, 9.17) is 5.73 Å². The van der Waals surface area contributed by atoms with Crippen molar-refractivity contribution >= 4 is 22.3 Å². The molecule has 0 radical (unpaired) electrons. The van der Waals surface area contributed by atoms with Gasteiger partial charge in [-0.25, -0.2) is 4.98 Å². The fourth-order valence-corrected chi connectivity index (χ4v) is 3.73. The van der Waals surface area contributed by atoms with Gasteiger partial charge in [-0.15, -0.1) is 0 Å². The van der Waals surface area contributed by atoms with Crippen LogP contribution in [0.25, 0.3) is 0 Å². The molecule has 0 amide bonds. The molecule has 23 heavy (non-hydrogen) atoms. The van der Waals surface area contributed by atoms with Gasteiger partial charge in [0.05, 0.1) is 16.1 Å². The summed E-state index contributed by atoms with van der Waals surface area (Å²) in [7, 11) is 0. The number of fused-ring (bicyclic) bond motifs is 1. The molecular formula is C16H15F3N2OS. The highest BCUT2D eigenvalue weighted by molar-refractivity contribution is 7.17. The summed E-state index contributed by atoms with van der Waals surface area (Å²) in [6.45, 7) is 0. The number of nitrogens with two attached hydrogens (primary N) is 1. The van der Waals surface area contributed by atoms with Crippen molar-refractivity contribution in [3.05, 3.63) is 46.0 Å². The number of benzene rings is 1. The molecule has 0 bridgehead atoms. The van der Waals surface area contributed by atoms with E-state index in [0.29, 0.717) is 22.9 Å². The largest absolute Gasteiger partial charge is 0.416 e. The van der Waals surface area contributed by atoms with Crippen LogP contribution >= 0.6 is 11.3 Å². The van der Waals surface area contributed by atoms with Gasteiger partial charge in [0.25, 0.3) is 0 Å². The second kappa shape index (κ2) is 5.96. The number of Topliss-reactive ketones (excluding diaryl/α,β-unsaturated/α-hetero) is 1. The fraction of sp³-hybridized carbons (Fsp3) is 0.375. The van der Waals surface area contributed by atoms with Crippen LogP contribution in [0, 0.1) is 5.92 Å². The number of halogens is 3. The maximum atomic E-state index is 12.5. The van der Waals surface area contributed by atoms with Gasteiger partial charge >= 0.3 is 6.18 Å². The summed E-state index contributed by atoms with van der Waals surface area (Å²) in [6.07, 6.45) is -1.66. The summed E-state index contributed by atoms with van der Waals surface area (Å²) in [6, 6.07) is 5.12. The van der Waals surface area contributed by atoms with Crippen molar-refractivity contribution in [2.24, 2.45) is 5.92 Å². The number of carbonyl (C=O) groups is 1. The fourth-order valence-electron chi connectivity index (χ4n) is 2.84. The maximum Gasteiger partial charge on any atom is 0.416 e. The maximum absolute atomic E-state index is 12.5. The number of hydrogen-bond donors (Lipinski definition) is 1. The van der Waals surface area contributed by atoms with E-state index in [1.165, 1.54) is 23.5 Å². The predicted molar refractivity (Wildman–Crippen MR) is 82.4 cm³/mol. The molecule has 0 saturated heterocycles. The molecule has 0 spiro atoms. The monoisotopic (exact) mass is 340 g/mol. The van der Waals surface area contributed by atoms with E-state index >= 15 is 0 Å². The quantitative estimate of drug-likeness (QED) is 0.914. The van der Waals surface area contributed by atoms with Gasteiger partial charge in [-0.3, -0.25) is 4.79 Å². The summed E-state index contributed by atoms with van der Waals surface area (Å²) in [4.78, 5) is 17.2. The van der Waals surface area contributed by atoms with Crippen molar-refractivity contribution in [2.45, 2.75) is 31.9 Å². The second-order valence-corrected chi connectivity index (χ2v) is 6.69. The average Bonchev–Trinajstić information content (AvgIpc) is 2.88. The highest BCUT2D eigenvalue weighted by Crippen LogP contribution is 2.33. The third-order valence-electron chi connectivity index (χ3n) is 4.10. The lowest BCUT2D eigenvalue weighted by molar-refractivity contribution is -0.137. The zero-order chi connectivity index (χ0) is 16.6. The molecule has 122 valence electrons. The Morgan fingerprint density at radius 1 is 1.26 bits per heavy atom. The van der Waals surface area contributed by atoms with Crippen molar-refractivity contribution in [3.8, 4) is 0 Å².